The minimum absolute atomic E-state index is 0.0573. The number of fused-ring (bicyclic) bond motifs is 1. The van der Waals surface area contributed by atoms with Crippen molar-refractivity contribution in [1.82, 2.24) is 15.1 Å². The maximum absolute atomic E-state index is 13.3. The summed E-state index contributed by atoms with van der Waals surface area (Å²) in [5, 5.41) is 6.90. The van der Waals surface area contributed by atoms with Crippen LogP contribution in [0.15, 0.2) is 42.6 Å². The zero-order chi connectivity index (χ0) is 19.7. The van der Waals surface area contributed by atoms with Gasteiger partial charge in [0, 0.05) is 19.2 Å². The zero-order valence-electron chi connectivity index (χ0n) is 15.0. The van der Waals surface area contributed by atoms with Gasteiger partial charge < -0.3 is 14.8 Å². The average molecular weight is 385 g/mol. The van der Waals surface area contributed by atoms with Gasteiger partial charge in [0.05, 0.1) is 6.20 Å². The summed E-state index contributed by atoms with van der Waals surface area (Å²) in [7, 11) is 1.66. The van der Waals surface area contributed by atoms with Crippen LogP contribution in [0, 0.1) is 11.6 Å². The van der Waals surface area contributed by atoms with Crippen molar-refractivity contribution in [2.24, 2.45) is 7.05 Å². The van der Waals surface area contributed by atoms with Crippen LogP contribution in [0.5, 0.6) is 11.5 Å². The maximum Gasteiger partial charge on any atom is 0.270 e. The fraction of sp³-hybridized carbons (Fsp3) is 0.200. The molecule has 8 heteroatoms. The molecule has 0 bridgehead atoms. The Morgan fingerprint density at radius 3 is 2.68 bits per heavy atom. The van der Waals surface area contributed by atoms with Crippen LogP contribution in [0.1, 0.15) is 16.1 Å². The van der Waals surface area contributed by atoms with Crippen LogP contribution in [-0.4, -0.2) is 28.9 Å². The zero-order valence-corrected chi connectivity index (χ0v) is 15.0. The predicted molar refractivity (Wildman–Crippen MR) is 97.2 cm³/mol. The largest absolute Gasteiger partial charge is 0.486 e. The normalized spacial score (nSPS) is 12.7. The molecule has 4 rings (SSSR count). The highest BCUT2D eigenvalue weighted by Crippen LogP contribution is 2.35. The van der Waals surface area contributed by atoms with E-state index in [0.717, 1.165) is 17.7 Å². The van der Waals surface area contributed by atoms with Crippen LogP contribution in [-0.2, 0) is 13.6 Å². The molecule has 0 fully saturated rings. The van der Waals surface area contributed by atoms with Crippen molar-refractivity contribution in [2.75, 3.05) is 13.2 Å². The number of hydrogen-bond acceptors (Lipinski definition) is 4. The monoisotopic (exact) mass is 385 g/mol. The van der Waals surface area contributed by atoms with Gasteiger partial charge in [0.15, 0.2) is 23.1 Å². The fourth-order valence-electron chi connectivity index (χ4n) is 3.04. The first-order valence-corrected chi connectivity index (χ1v) is 8.67. The predicted octanol–water partition coefficient (Wildman–Crippen LogP) is 3.07. The molecule has 0 saturated carbocycles. The Hall–Kier alpha value is -3.42. The van der Waals surface area contributed by atoms with Gasteiger partial charge >= 0.3 is 0 Å². The Balaban J connectivity index is 1.57. The third-order valence-corrected chi connectivity index (χ3v) is 4.44. The van der Waals surface area contributed by atoms with Crippen LogP contribution >= 0.6 is 0 Å². The van der Waals surface area contributed by atoms with E-state index in [0.29, 0.717) is 41.5 Å². The van der Waals surface area contributed by atoms with Crippen LogP contribution < -0.4 is 14.8 Å². The summed E-state index contributed by atoms with van der Waals surface area (Å²) in [6.45, 7) is 1.02. The number of aryl methyl sites for hydroxylation is 1. The van der Waals surface area contributed by atoms with Gasteiger partial charge in [0.2, 0.25) is 0 Å². The molecule has 144 valence electrons. The second kappa shape index (κ2) is 7.30. The van der Waals surface area contributed by atoms with Gasteiger partial charge in [0.1, 0.15) is 18.9 Å². The molecule has 2 aromatic carbocycles. The number of rotatable bonds is 4. The summed E-state index contributed by atoms with van der Waals surface area (Å²) in [6, 6.07) is 8.93. The lowest BCUT2D eigenvalue weighted by Crippen LogP contribution is -2.25. The lowest BCUT2D eigenvalue weighted by Gasteiger charge is -2.19. The number of benzene rings is 2. The van der Waals surface area contributed by atoms with Crippen molar-refractivity contribution in [3.8, 4) is 22.6 Å². The van der Waals surface area contributed by atoms with Crippen LogP contribution in [0.25, 0.3) is 11.1 Å². The molecule has 1 aliphatic heterocycles. The molecule has 0 unspecified atom stereocenters. The van der Waals surface area contributed by atoms with E-state index in [4.69, 9.17) is 9.47 Å². The molecule has 2 heterocycles. The van der Waals surface area contributed by atoms with E-state index in [1.54, 1.807) is 25.4 Å². The first-order valence-electron chi connectivity index (χ1n) is 8.67. The standard InChI is InChI=1S/C20H17F2N3O3/c1-25-19(20(26)23-10-12-2-4-15(21)16(22)8-12)14(11-24-25)13-3-5-17-18(9-13)28-7-6-27-17/h2-5,8-9,11H,6-7,10H2,1H3,(H,23,26). The highest BCUT2D eigenvalue weighted by Gasteiger charge is 2.20. The lowest BCUT2D eigenvalue weighted by atomic mass is 10.0. The number of carbonyl (C=O) groups is 1. The summed E-state index contributed by atoms with van der Waals surface area (Å²) in [5.41, 5.74) is 2.19. The molecule has 0 atom stereocenters. The molecule has 28 heavy (non-hydrogen) atoms. The van der Waals surface area contributed by atoms with Gasteiger partial charge in [0.25, 0.3) is 5.91 Å². The second-order valence-electron chi connectivity index (χ2n) is 6.32. The van der Waals surface area contributed by atoms with Crippen molar-refractivity contribution in [3.05, 3.63) is 65.5 Å². The average Bonchev–Trinajstić information content (AvgIpc) is 3.10. The highest BCUT2D eigenvalue weighted by molar-refractivity contribution is 5.99. The number of carbonyl (C=O) groups excluding carboxylic acids is 1. The minimum Gasteiger partial charge on any atom is -0.486 e. The highest BCUT2D eigenvalue weighted by atomic mass is 19.2. The molecule has 6 nitrogen and oxygen atoms in total. The number of hydrogen-bond donors (Lipinski definition) is 1. The van der Waals surface area contributed by atoms with E-state index < -0.39 is 11.6 Å². The Morgan fingerprint density at radius 2 is 1.89 bits per heavy atom. The number of halogens is 2. The number of ether oxygens (including phenoxy) is 2. The summed E-state index contributed by atoms with van der Waals surface area (Å²) in [4.78, 5) is 12.7. The second-order valence-corrected chi connectivity index (χ2v) is 6.32. The Morgan fingerprint density at radius 1 is 1.11 bits per heavy atom. The third-order valence-electron chi connectivity index (χ3n) is 4.44. The van der Waals surface area contributed by atoms with Gasteiger partial charge in [-0.05, 0) is 35.4 Å². The lowest BCUT2D eigenvalue weighted by molar-refractivity contribution is 0.0942. The third kappa shape index (κ3) is 3.40. The first-order chi connectivity index (χ1) is 13.5. The van der Waals surface area contributed by atoms with Gasteiger partial charge in [-0.2, -0.15) is 5.10 Å². The van der Waals surface area contributed by atoms with Gasteiger partial charge in [-0.15, -0.1) is 0 Å². The molecule has 1 aliphatic rings. The van der Waals surface area contributed by atoms with Crippen LogP contribution in [0.2, 0.25) is 0 Å². The summed E-state index contributed by atoms with van der Waals surface area (Å²) in [6.07, 6.45) is 1.60. The van der Waals surface area contributed by atoms with Crippen LogP contribution in [0.4, 0.5) is 8.78 Å². The smallest absolute Gasteiger partial charge is 0.270 e. The van der Waals surface area contributed by atoms with Crippen molar-refractivity contribution in [2.45, 2.75) is 6.54 Å². The number of nitrogens with zero attached hydrogens (tertiary/aromatic N) is 2. The summed E-state index contributed by atoms with van der Waals surface area (Å²) >= 11 is 0. The van der Waals surface area contributed by atoms with E-state index in [1.165, 1.54) is 10.7 Å². The number of amides is 1. The molecule has 0 saturated heterocycles. The number of aromatic nitrogens is 2. The van der Waals surface area contributed by atoms with Crippen molar-refractivity contribution in [1.29, 1.82) is 0 Å². The van der Waals surface area contributed by atoms with E-state index in [2.05, 4.69) is 10.4 Å². The van der Waals surface area contributed by atoms with Gasteiger partial charge in [-0.25, -0.2) is 8.78 Å². The molecule has 0 aliphatic carbocycles. The van der Waals surface area contributed by atoms with Crippen molar-refractivity contribution in [3.63, 3.8) is 0 Å². The van der Waals surface area contributed by atoms with Gasteiger partial charge in [-0.1, -0.05) is 12.1 Å². The van der Waals surface area contributed by atoms with E-state index in [1.807, 2.05) is 6.07 Å². The Kier molecular flexibility index (Phi) is 4.68. The summed E-state index contributed by atoms with van der Waals surface area (Å²) < 4.78 is 39.0. The van der Waals surface area contributed by atoms with E-state index >= 15 is 0 Å². The van der Waals surface area contributed by atoms with Crippen molar-refractivity contribution < 1.29 is 23.0 Å². The molecule has 0 radical (unpaired) electrons. The molecule has 1 aromatic heterocycles. The topological polar surface area (TPSA) is 65.4 Å². The molecular formula is C20H17F2N3O3. The van der Waals surface area contributed by atoms with Crippen molar-refractivity contribution >= 4 is 5.91 Å². The maximum atomic E-state index is 13.3. The minimum atomic E-state index is -0.954. The van der Waals surface area contributed by atoms with Gasteiger partial charge in [-0.3, -0.25) is 9.48 Å². The quantitative estimate of drug-likeness (QED) is 0.750. The molecular weight excluding hydrogens is 368 g/mol. The fourth-order valence-corrected chi connectivity index (χ4v) is 3.04. The SMILES string of the molecule is Cn1ncc(-c2ccc3c(c2)OCCO3)c1C(=O)NCc1ccc(F)c(F)c1. The van der Waals surface area contributed by atoms with Crippen LogP contribution in [0.3, 0.4) is 0 Å². The molecule has 0 spiro atoms. The molecule has 1 amide bonds. The summed E-state index contributed by atoms with van der Waals surface area (Å²) in [5.74, 6) is -0.995. The Labute approximate surface area is 159 Å². The van der Waals surface area contributed by atoms with E-state index in [-0.39, 0.29) is 12.5 Å². The first kappa shape index (κ1) is 18.0. The Bertz CT molecular complexity index is 1050. The number of nitrogens with one attached hydrogen (secondary N) is 1. The molecule has 1 N–H and O–H groups in total. The van der Waals surface area contributed by atoms with E-state index in [9.17, 15) is 13.6 Å². The molecule has 3 aromatic rings.